The molecule has 9 heteroatoms. The molecule has 2 rings (SSSR count). The van der Waals surface area contributed by atoms with E-state index in [2.05, 4.69) is 16.2 Å². The fourth-order valence-corrected chi connectivity index (χ4v) is 2.70. The second-order valence-electron chi connectivity index (χ2n) is 5.20. The van der Waals surface area contributed by atoms with E-state index in [1.54, 1.807) is 42.6 Å². The van der Waals surface area contributed by atoms with Crippen molar-refractivity contribution in [1.29, 1.82) is 0 Å². The first kappa shape index (κ1) is 18.4. The number of hydrogen-bond donors (Lipinski definition) is 3. The van der Waals surface area contributed by atoms with Crippen molar-refractivity contribution in [2.45, 2.75) is 19.9 Å². The van der Waals surface area contributed by atoms with Crippen molar-refractivity contribution in [3.63, 3.8) is 0 Å². The summed E-state index contributed by atoms with van der Waals surface area (Å²) in [5.74, 6) is -1.23. The molecule has 0 aliphatic rings. The SMILES string of the molecule is Cc1csc(=O)n1CC(=O)NNC(=O)CCNC(=O)c1ccccc1. The molecule has 0 fully saturated rings. The molecule has 3 N–H and O–H groups in total. The number of nitrogens with one attached hydrogen (secondary N) is 3. The van der Waals surface area contributed by atoms with Gasteiger partial charge in [-0.1, -0.05) is 29.5 Å². The summed E-state index contributed by atoms with van der Waals surface area (Å²) in [6.45, 7) is 1.69. The maximum Gasteiger partial charge on any atom is 0.307 e. The first-order valence-corrected chi connectivity index (χ1v) is 8.41. The maximum atomic E-state index is 11.8. The molecule has 0 radical (unpaired) electrons. The molecule has 25 heavy (non-hydrogen) atoms. The lowest BCUT2D eigenvalue weighted by Crippen LogP contribution is -2.44. The zero-order valence-corrected chi connectivity index (χ0v) is 14.4. The highest BCUT2D eigenvalue weighted by molar-refractivity contribution is 7.07. The van der Waals surface area contributed by atoms with Gasteiger partial charge in [0.1, 0.15) is 6.54 Å². The van der Waals surface area contributed by atoms with Crippen LogP contribution >= 0.6 is 11.3 Å². The Morgan fingerprint density at radius 1 is 1.08 bits per heavy atom. The smallest absolute Gasteiger partial charge is 0.307 e. The number of hydrazine groups is 1. The summed E-state index contributed by atoms with van der Waals surface area (Å²) in [7, 11) is 0. The monoisotopic (exact) mass is 362 g/mol. The Hall–Kier alpha value is -2.94. The van der Waals surface area contributed by atoms with Gasteiger partial charge in [0.25, 0.3) is 11.8 Å². The van der Waals surface area contributed by atoms with Gasteiger partial charge in [0.2, 0.25) is 5.91 Å². The summed E-state index contributed by atoms with van der Waals surface area (Å²) in [5.41, 5.74) is 5.67. The van der Waals surface area contributed by atoms with Crippen LogP contribution in [0.15, 0.2) is 40.5 Å². The minimum absolute atomic E-state index is 0.0102. The molecule has 0 saturated heterocycles. The van der Waals surface area contributed by atoms with E-state index in [1.807, 2.05) is 0 Å². The lowest BCUT2D eigenvalue weighted by Gasteiger charge is -2.09. The van der Waals surface area contributed by atoms with Crippen molar-refractivity contribution in [2.24, 2.45) is 0 Å². The van der Waals surface area contributed by atoms with E-state index in [0.717, 1.165) is 11.3 Å². The van der Waals surface area contributed by atoms with Gasteiger partial charge in [-0.25, -0.2) is 0 Å². The van der Waals surface area contributed by atoms with Crippen molar-refractivity contribution in [3.8, 4) is 0 Å². The third kappa shape index (κ3) is 5.57. The quantitative estimate of drug-likeness (QED) is 0.637. The van der Waals surface area contributed by atoms with Crippen LogP contribution in [0.25, 0.3) is 0 Å². The van der Waals surface area contributed by atoms with Crippen LogP contribution in [0.5, 0.6) is 0 Å². The number of carbonyl (C=O) groups excluding carboxylic acids is 3. The summed E-state index contributed by atoms with van der Waals surface area (Å²) in [6, 6.07) is 8.64. The Kier molecular flexibility index (Phi) is 6.47. The van der Waals surface area contributed by atoms with Gasteiger partial charge in [0, 0.05) is 29.6 Å². The third-order valence-electron chi connectivity index (χ3n) is 3.29. The molecule has 1 aromatic carbocycles. The highest BCUT2D eigenvalue weighted by Crippen LogP contribution is 1.99. The Morgan fingerprint density at radius 3 is 2.40 bits per heavy atom. The molecule has 0 aliphatic carbocycles. The summed E-state index contributed by atoms with van der Waals surface area (Å²) < 4.78 is 1.31. The fraction of sp³-hybridized carbons (Fsp3) is 0.250. The molecule has 2 aromatic rings. The lowest BCUT2D eigenvalue weighted by atomic mass is 10.2. The van der Waals surface area contributed by atoms with Crippen LogP contribution in [0.3, 0.4) is 0 Å². The molecule has 0 bridgehead atoms. The standard InChI is InChI=1S/C16H18N4O4S/c1-11-10-25-16(24)20(11)9-14(22)19-18-13(21)7-8-17-15(23)12-5-3-2-4-6-12/h2-6,10H,7-9H2,1H3,(H,17,23)(H,18,21)(H,19,22). The lowest BCUT2D eigenvalue weighted by molar-refractivity contribution is -0.129. The van der Waals surface area contributed by atoms with Gasteiger partial charge in [-0.15, -0.1) is 0 Å². The molecular weight excluding hydrogens is 344 g/mol. The van der Waals surface area contributed by atoms with Crippen molar-refractivity contribution in [3.05, 3.63) is 56.6 Å². The second-order valence-corrected chi connectivity index (χ2v) is 6.02. The largest absolute Gasteiger partial charge is 0.352 e. The average Bonchev–Trinajstić information content (AvgIpc) is 2.92. The zero-order valence-electron chi connectivity index (χ0n) is 13.6. The number of aromatic nitrogens is 1. The van der Waals surface area contributed by atoms with Crippen molar-refractivity contribution in [2.75, 3.05) is 6.54 Å². The molecule has 1 heterocycles. The first-order valence-electron chi connectivity index (χ1n) is 7.53. The second kappa shape index (κ2) is 8.78. The Labute approximate surface area is 147 Å². The van der Waals surface area contributed by atoms with Gasteiger partial charge in [-0.3, -0.25) is 34.6 Å². The number of amides is 3. The predicted molar refractivity (Wildman–Crippen MR) is 93.0 cm³/mol. The molecule has 0 atom stereocenters. The number of hydrogen-bond acceptors (Lipinski definition) is 5. The Bertz CT molecular complexity index is 813. The van der Waals surface area contributed by atoms with Crippen LogP contribution in [0.2, 0.25) is 0 Å². The van der Waals surface area contributed by atoms with Crippen molar-refractivity contribution >= 4 is 29.1 Å². The van der Waals surface area contributed by atoms with Crippen LogP contribution in [0.4, 0.5) is 0 Å². The fourth-order valence-electron chi connectivity index (χ4n) is 1.96. The van der Waals surface area contributed by atoms with E-state index in [9.17, 15) is 19.2 Å². The third-order valence-corrected chi connectivity index (χ3v) is 4.17. The molecule has 3 amide bonds. The number of rotatable bonds is 6. The van der Waals surface area contributed by atoms with Crippen LogP contribution in [-0.4, -0.2) is 28.8 Å². The van der Waals surface area contributed by atoms with E-state index in [-0.39, 0.29) is 30.3 Å². The number of nitrogens with zero attached hydrogens (tertiary/aromatic N) is 1. The minimum atomic E-state index is -0.509. The molecule has 0 spiro atoms. The summed E-state index contributed by atoms with van der Waals surface area (Å²) in [4.78, 5) is 46.5. The average molecular weight is 362 g/mol. The molecule has 132 valence electrons. The Morgan fingerprint density at radius 2 is 1.76 bits per heavy atom. The first-order chi connectivity index (χ1) is 12.0. The van der Waals surface area contributed by atoms with Gasteiger partial charge < -0.3 is 5.32 Å². The maximum absolute atomic E-state index is 11.8. The molecule has 0 unspecified atom stereocenters. The predicted octanol–water partition coefficient (Wildman–Crippen LogP) is 0.186. The van der Waals surface area contributed by atoms with Crippen LogP contribution in [0.1, 0.15) is 22.5 Å². The van der Waals surface area contributed by atoms with E-state index >= 15 is 0 Å². The molecule has 8 nitrogen and oxygen atoms in total. The van der Waals surface area contributed by atoms with E-state index in [4.69, 9.17) is 0 Å². The number of benzene rings is 1. The van der Waals surface area contributed by atoms with Gasteiger partial charge in [0.05, 0.1) is 0 Å². The van der Waals surface area contributed by atoms with E-state index < -0.39 is 11.8 Å². The molecule has 0 aliphatic heterocycles. The van der Waals surface area contributed by atoms with E-state index in [0.29, 0.717) is 11.3 Å². The van der Waals surface area contributed by atoms with Crippen molar-refractivity contribution < 1.29 is 14.4 Å². The van der Waals surface area contributed by atoms with Crippen LogP contribution in [0, 0.1) is 6.92 Å². The van der Waals surface area contributed by atoms with Gasteiger partial charge in [-0.2, -0.15) is 0 Å². The zero-order chi connectivity index (χ0) is 18.2. The molecule has 0 saturated carbocycles. The molecule has 1 aromatic heterocycles. The van der Waals surface area contributed by atoms with E-state index in [1.165, 1.54) is 4.57 Å². The normalized spacial score (nSPS) is 10.1. The topological polar surface area (TPSA) is 109 Å². The van der Waals surface area contributed by atoms with Crippen LogP contribution in [-0.2, 0) is 16.1 Å². The van der Waals surface area contributed by atoms with Gasteiger partial charge in [-0.05, 0) is 19.1 Å². The molecular formula is C16H18N4O4S. The Balaban J connectivity index is 1.68. The van der Waals surface area contributed by atoms with Crippen molar-refractivity contribution in [1.82, 2.24) is 20.7 Å². The van der Waals surface area contributed by atoms with Gasteiger partial charge in [0.15, 0.2) is 0 Å². The highest BCUT2D eigenvalue weighted by Gasteiger charge is 2.10. The summed E-state index contributed by atoms with van der Waals surface area (Å²) in [5, 5.41) is 4.27. The highest BCUT2D eigenvalue weighted by atomic mass is 32.1. The van der Waals surface area contributed by atoms with Gasteiger partial charge >= 0.3 is 4.87 Å². The number of thiazole rings is 1. The minimum Gasteiger partial charge on any atom is -0.352 e. The summed E-state index contributed by atoms with van der Waals surface area (Å²) >= 11 is 1.01. The number of carbonyl (C=O) groups is 3. The summed E-state index contributed by atoms with van der Waals surface area (Å²) in [6.07, 6.45) is 0.0102. The van der Waals surface area contributed by atoms with Crippen LogP contribution < -0.4 is 21.0 Å². The number of aryl methyl sites for hydroxylation is 1.